The van der Waals surface area contributed by atoms with Crippen LogP contribution in [0.2, 0.25) is 0 Å². The number of carbonyl (C=O) groups excluding carboxylic acids is 1. The molecule has 0 bridgehead atoms. The lowest BCUT2D eigenvalue weighted by molar-refractivity contribution is -0.131. The third-order valence-electron chi connectivity index (χ3n) is 6.65. The minimum Gasteiger partial charge on any atom is -0.332 e. The number of fused-ring (bicyclic) bond motifs is 1. The molecule has 0 N–H and O–H groups in total. The van der Waals surface area contributed by atoms with E-state index < -0.39 is 0 Å². The first-order valence-electron chi connectivity index (χ1n) is 11.7. The molecule has 6 heteroatoms. The van der Waals surface area contributed by atoms with Gasteiger partial charge < -0.3 is 9.47 Å². The van der Waals surface area contributed by atoms with Crippen molar-refractivity contribution in [3.8, 4) is 11.4 Å². The van der Waals surface area contributed by atoms with Gasteiger partial charge >= 0.3 is 0 Å². The van der Waals surface area contributed by atoms with Gasteiger partial charge in [-0.25, -0.2) is 0 Å². The van der Waals surface area contributed by atoms with Gasteiger partial charge in [0.15, 0.2) is 11.0 Å². The molecule has 166 valence electrons. The molecule has 3 aromatic rings. The van der Waals surface area contributed by atoms with Gasteiger partial charge in [-0.1, -0.05) is 60.3 Å². The lowest BCUT2D eigenvalue weighted by Gasteiger charge is -2.36. The normalized spacial score (nSPS) is 17.8. The number of aryl methyl sites for hydroxylation is 2. The first-order valence-corrected chi connectivity index (χ1v) is 12.7. The summed E-state index contributed by atoms with van der Waals surface area (Å²) in [6, 6.07) is 17.5. The Morgan fingerprint density at radius 1 is 1.09 bits per heavy atom. The molecule has 5 rings (SSSR count). The van der Waals surface area contributed by atoms with E-state index in [0.717, 1.165) is 55.2 Å². The number of aromatic nitrogens is 3. The predicted octanol–water partition coefficient (Wildman–Crippen LogP) is 5.43. The fraction of sp³-hybridized carbons (Fsp3) is 0.423. The summed E-state index contributed by atoms with van der Waals surface area (Å²) < 4.78 is 2.12. The van der Waals surface area contributed by atoms with Crippen LogP contribution >= 0.6 is 11.8 Å². The molecule has 0 spiro atoms. The van der Waals surface area contributed by atoms with Gasteiger partial charge in [0, 0.05) is 18.2 Å². The van der Waals surface area contributed by atoms with E-state index in [-0.39, 0.29) is 11.9 Å². The molecule has 1 aromatic heterocycles. The highest BCUT2D eigenvalue weighted by Crippen LogP contribution is 2.41. The van der Waals surface area contributed by atoms with E-state index in [2.05, 4.69) is 69.9 Å². The van der Waals surface area contributed by atoms with Gasteiger partial charge in [0.05, 0.1) is 11.8 Å². The molecule has 1 fully saturated rings. The highest BCUT2D eigenvalue weighted by atomic mass is 32.2. The minimum absolute atomic E-state index is 0.215. The highest BCUT2D eigenvalue weighted by molar-refractivity contribution is 7.99. The quantitative estimate of drug-likeness (QED) is 0.454. The largest absolute Gasteiger partial charge is 0.332 e. The third-order valence-corrected chi connectivity index (χ3v) is 7.60. The standard InChI is InChI=1S/C26H30N4OS/c1-3-29-25(21-12-6-4-9-18(21)2)27-28-26(29)32-17-24(31)30(20-15-16-20)23-14-8-11-19-10-5-7-13-22(19)23/h4-7,9-10,12-13,20,23H,3,8,11,14-17H2,1-2H3. The topological polar surface area (TPSA) is 51.0 Å². The molecule has 1 atom stereocenters. The van der Waals surface area contributed by atoms with Gasteiger partial charge in [-0.05, 0) is 62.6 Å². The maximum absolute atomic E-state index is 13.5. The van der Waals surface area contributed by atoms with Gasteiger partial charge in [-0.2, -0.15) is 0 Å². The van der Waals surface area contributed by atoms with Crippen molar-refractivity contribution in [2.75, 3.05) is 5.75 Å². The van der Waals surface area contributed by atoms with Crippen molar-refractivity contribution < 1.29 is 4.79 Å². The van der Waals surface area contributed by atoms with E-state index >= 15 is 0 Å². The van der Waals surface area contributed by atoms with Crippen molar-refractivity contribution in [3.63, 3.8) is 0 Å². The summed E-state index contributed by atoms with van der Waals surface area (Å²) in [6.45, 7) is 4.97. The van der Waals surface area contributed by atoms with Crippen molar-refractivity contribution >= 4 is 17.7 Å². The monoisotopic (exact) mass is 446 g/mol. The summed E-state index contributed by atoms with van der Waals surface area (Å²) in [7, 11) is 0. The molecule has 1 unspecified atom stereocenters. The number of carbonyl (C=O) groups is 1. The lowest BCUT2D eigenvalue weighted by atomic mass is 9.86. The van der Waals surface area contributed by atoms with E-state index in [0.29, 0.717) is 11.8 Å². The number of amides is 1. The van der Waals surface area contributed by atoms with Crippen molar-refractivity contribution in [3.05, 3.63) is 65.2 Å². The van der Waals surface area contributed by atoms with Gasteiger partial charge in [0.25, 0.3) is 0 Å². The van der Waals surface area contributed by atoms with Crippen molar-refractivity contribution in [1.29, 1.82) is 0 Å². The van der Waals surface area contributed by atoms with E-state index in [9.17, 15) is 4.79 Å². The Balaban J connectivity index is 1.35. The Hall–Kier alpha value is -2.60. The molecule has 1 heterocycles. The Morgan fingerprint density at radius 3 is 2.66 bits per heavy atom. The number of benzene rings is 2. The summed E-state index contributed by atoms with van der Waals surface area (Å²) in [6.07, 6.45) is 5.58. The number of thioether (sulfide) groups is 1. The Kier molecular flexibility index (Phi) is 6.05. The van der Waals surface area contributed by atoms with E-state index in [1.165, 1.54) is 28.5 Å². The summed E-state index contributed by atoms with van der Waals surface area (Å²) in [5, 5.41) is 9.74. The molecule has 0 aliphatic heterocycles. The second-order valence-corrected chi connectivity index (χ2v) is 9.74. The maximum atomic E-state index is 13.5. The SMILES string of the molecule is CCn1c(SCC(=O)N(C2CC2)C2CCCc3ccccc32)nnc1-c1ccccc1C. The van der Waals surface area contributed by atoms with Crippen LogP contribution in [0.5, 0.6) is 0 Å². The molecule has 0 radical (unpaired) electrons. The van der Waals surface area contributed by atoms with Crippen LogP contribution < -0.4 is 0 Å². The second-order valence-electron chi connectivity index (χ2n) is 8.79. The van der Waals surface area contributed by atoms with Crippen LogP contribution in [-0.2, 0) is 17.8 Å². The van der Waals surface area contributed by atoms with Crippen LogP contribution in [0.1, 0.15) is 55.3 Å². The van der Waals surface area contributed by atoms with Gasteiger partial charge in [-0.15, -0.1) is 10.2 Å². The molecular formula is C26H30N4OS. The average molecular weight is 447 g/mol. The van der Waals surface area contributed by atoms with Crippen LogP contribution in [0.3, 0.4) is 0 Å². The zero-order valence-electron chi connectivity index (χ0n) is 18.8. The molecule has 32 heavy (non-hydrogen) atoms. The van der Waals surface area contributed by atoms with Crippen molar-refractivity contribution in [2.24, 2.45) is 0 Å². The summed E-state index contributed by atoms with van der Waals surface area (Å²) in [5.74, 6) is 1.50. The summed E-state index contributed by atoms with van der Waals surface area (Å²) in [4.78, 5) is 15.7. The van der Waals surface area contributed by atoms with Gasteiger partial charge in [0.2, 0.25) is 5.91 Å². The van der Waals surface area contributed by atoms with E-state index in [1.807, 2.05) is 12.1 Å². The van der Waals surface area contributed by atoms with Crippen molar-refractivity contribution in [2.45, 2.75) is 69.7 Å². The fourth-order valence-electron chi connectivity index (χ4n) is 4.91. The molecule has 0 saturated heterocycles. The summed E-state index contributed by atoms with van der Waals surface area (Å²) >= 11 is 1.52. The molecule has 2 aliphatic carbocycles. The Morgan fingerprint density at radius 2 is 1.88 bits per heavy atom. The first-order chi connectivity index (χ1) is 15.7. The molecule has 1 amide bonds. The fourth-order valence-corrected chi connectivity index (χ4v) is 5.78. The zero-order valence-corrected chi connectivity index (χ0v) is 19.6. The van der Waals surface area contributed by atoms with Crippen LogP contribution in [0.25, 0.3) is 11.4 Å². The molecule has 2 aromatic carbocycles. The smallest absolute Gasteiger partial charge is 0.233 e. The van der Waals surface area contributed by atoms with Crippen LogP contribution in [0.15, 0.2) is 53.7 Å². The average Bonchev–Trinajstić information content (AvgIpc) is 3.57. The van der Waals surface area contributed by atoms with Gasteiger partial charge in [-0.3, -0.25) is 4.79 Å². The number of hydrogen-bond acceptors (Lipinski definition) is 4. The number of rotatable bonds is 7. The van der Waals surface area contributed by atoms with Crippen LogP contribution in [0.4, 0.5) is 0 Å². The van der Waals surface area contributed by atoms with Crippen molar-refractivity contribution in [1.82, 2.24) is 19.7 Å². The minimum atomic E-state index is 0.215. The predicted molar refractivity (Wildman–Crippen MR) is 129 cm³/mol. The molecule has 5 nitrogen and oxygen atoms in total. The third kappa shape index (κ3) is 4.08. The molecule has 2 aliphatic rings. The first kappa shape index (κ1) is 21.3. The van der Waals surface area contributed by atoms with Gasteiger partial charge in [0.1, 0.15) is 0 Å². The summed E-state index contributed by atoms with van der Waals surface area (Å²) in [5.41, 5.74) is 5.03. The van der Waals surface area contributed by atoms with Crippen LogP contribution in [-0.4, -0.2) is 37.4 Å². The zero-order chi connectivity index (χ0) is 22.1. The second kappa shape index (κ2) is 9.10. The highest BCUT2D eigenvalue weighted by Gasteiger charge is 2.39. The molecular weight excluding hydrogens is 416 g/mol. The number of nitrogens with zero attached hydrogens (tertiary/aromatic N) is 4. The Labute approximate surface area is 194 Å². The van der Waals surface area contributed by atoms with E-state index in [4.69, 9.17) is 0 Å². The Bertz CT molecular complexity index is 1120. The van der Waals surface area contributed by atoms with Crippen LogP contribution in [0, 0.1) is 6.92 Å². The number of hydrogen-bond donors (Lipinski definition) is 0. The maximum Gasteiger partial charge on any atom is 0.233 e. The van der Waals surface area contributed by atoms with E-state index in [1.54, 1.807) is 0 Å². The lowest BCUT2D eigenvalue weighted by Crippen LogP contribution is -2.39. The molecule has 1 saturated carbocycles.